The lowest BCUT2D eigenvalue weighted by atomic mass is 10.1. The van der Waals surface area contributed by atoms with E-state index in [9.17, 15) is 13.2 Å². The summed E-state index contributed by atoms with van der Waals surface area (Å²) in [6.45, 7) is 0. The van der Waals surface area contributed by atoms with Crippen LogP contribution < -0.4 is 0 Å². The summed E-state index contributed by atoms with van der Waals surface area (Å²) in [6.07, 6.45) is -3.07. The molecule has 0 atom stereocenters. The van der Waals surface area contributed by atoms with Crippen molar-refractivity contribution in [1.29, 1.82) is 0 Å². The molecule has 1 heterocycles. The van der Waals surface area contributed by atoms with Crippen molar-refractivity contribution in [2.75, 3.05) is 0 Å². The van der Waals surface area contributed by atoms with E-state index < -0.39 is 11.7 Å². The summed E-state index contributed by atoms with van der Waals surface area (Å²) in [5.74, 6) is -0.159. The third-order valence-electron chi connectivity index (χ3n) is 1.42. The molecule has 1 nitrogen and oxygen atoms in total. The SMILES string of the molecule is FC(F)(F)c1c(CCl)ccnc1I. The third kappa shape index (κ3) is 2.46. The predicted molar refractivity (Wildman–Crippen MR) is 51.5 cm³/mol. The Bertz CT molecular complexity index is 313. The molecule has 72 valence electrons. The van der Waals surface area contributed by atoms with Crippen molar-refractivity contribution >= 4 is 34.2 Å². The molecule has 1 rings (SSSR count). The van der Waals surface area contributed by atoms with Gasteiger partial charge in [-0.15, -0.1) is 11.6 Å². The average Bonchev–Trinajstić information content (AvgIpc) is 2.01. The normalized spacial score (nSPS) is 11.8. The van der Waals surface area contributed by atoms with E-state index in [1.54, 1.807) is 22.6 Å². The standard InChI is InChI=1S/C7H4ClF3IN/c8-3-4-1-2-13-6(12)5(4)7(9,10)11/h1-2H,3H2. The van der Waals surface area contributed by atoms with Crippen LogP contribution in [0.15, 0.2) is 12.3 Å². The zero-order valence-corrected chi connectivity index (χ0v) is 9.11. The van der Waals surface area contributed by atoms with Crippen LogP contribution in [0, 0.1) is 3.70 Å². The highest BCUT2D eigenvalue weighted by Crippen LogP contribution is 2.34. The average molecular weight is 321 g/mol. The first kappa shape index (κ1) is 11.0. The Labute approximate surface area is 91.4 Å². The number of rotatable bonds is 1. The topological polar surface area (TPSA) is 12.9 Å². The Morgan fingerprint density at radius 3 is 2.46 bits per heavy atom. The van der Waals surface area contributed by atoms with Gasteiger partial charge in [-0.2, -0.15) is 13.2 Å². The van der Waals surface area contributed by atoms with Crippen LogP contribution >= 0.6 is 34.2 Å². The predicted octanol–water partition coefficient (Wildman–Crippen LogP) is 3.44. The first-order valence-corrected chi connectivity index (χ1v) is 4.84. The number of nitrogens with zero attached hydrogens (tertiary/aromatic N) is 1. The van der Waals surface area contributed by atoms with Gasteiger partial charge < -0.3 is 0 Å². The summed E-state index contributed by atoms with van der Waals surface area (Å²) in [5.41, 5.74) is -0.667. The van der Waals surface area contributed by atoms with Crippen LogP contribution in [0.1, 0.15) is 11.1 Å². The molecule has 0 bridgehead atoms. The monoisotopic (exact) mass is 321 g/mol. The molecule has 0 radical (unpaired) electrons. The molecule has 0 fully saturated rings. The van der Waals surface area contributed by atoms with Crippen molar-refractivity contribution in [1.82, 2.24) is 4.98 Å². The fourth-order valence-electron chi connectivity index (χ4n) is 0.883. The van der Waals surface area contributed by atoms with E-state index in [0.29, 0.717) is 0 Å². The molecule has 0 spiro atoms. The first-order chi connectivity index (χ1) is 5.96. The number of aromatic nitrogens is 1. The quantitative estimate of drug-likeness (QED) is 0.439. The van der Waals surface area contributed by atoms with E-state index >= 15 is 0 Å². The Morgan fingerprint density at radius 2 is 2.08 bits per heavy atom. The van der Waals surface area contributed by atoms with Gasteiger partial charge in [-0.1, -0.05) is 0 Å². The summed E-state index contributed by atoms with van der Waals surface area (Å²) >= 11 is 6.92. The molecule has 0 amide bonds. The number of pyridine rings is 1. The van der Waals surface area contributed by atoms with E-state index in [0.717, 1.165) is 0 Å². The number of hydrogen-bond acceptors (Lipinski definition) is 1. The van der Waals surface area contributed by atoms with Gasteiger partial charge in [-0.05, 0) is 34.2 Å². The Morgan fingerprint density at radius 1 is 1.46 bits per heavy atom. The van der Waals surface area contributed by atoms with Crippen LogP contribution in [0.5, 0.6) is 0 Å². The fourth-order valence-corrected chi connectivity index (χ4v) is 1.92. The molecule has 0 saturated heterocycles. The van der Waals surface area contributed by atoms with Crippen LogP contribution in [-0.2, 0) is 12.1 Å². The summed E-state index contributed by atoms with van der Waals surface area (Å²) < 4.78 is 37.1. The molecule has 0 N–H and O–H groups in total. The maximum atomic E-state index is 12.4. The maximum Gasteiger partial charge on any atom is 0.419 e. The van der Waals surface area contributed by atoms with Crippen molar-refractivity contribution in [2.45, 2.75) is 12.1 Å². The van der Waals surface area contributed by atoms with Gasteiger partial charge in [-0.25, -0.2) is 4.98 Å². The van der Waals surface area contributed by atoms with Gasteiger partial charge in [0.1, 0.15) is 3.70 Å². The van der Waals surface area contributed by atoms with Crippen molar-refractivity contribution in [2.24, 2.45) is 0 Å². The number of halogens is 5. The van der Waals surface area contributed by atoms with Crippen molar-refractivity contribution in [3.8, 4) is 0 Å². The highest BCUT2D eigenvalue weighted by Gasteiger charge is 2.35. The van der Waals surface area contributed by atoms with Gasteiger partial charge in [0, 0.05) is 12.1 Å². The zero-order chi connectivity index (χ0) is 10.1. The Balaban J connectivity index is 3.32. The lowest BCUT2D eigenvalue weighted by Crippen LogP contribution is -2.12. The number of hydrogen-bond donors (Lipinski definition) is 0. The summed E-state index contributed by atoms with van der Waals surface area (Å²) in [5, 5.41) is 0. The van der Waals surface area contributed by atoms with E-state index in [1.807, 2.05) is 0 Å². The third-order valence-corrected chi connectivity index (χ3v) is 2.52. The Hall–Kier alpha value is -0.0400. The molecule has 0 unspecified atom stereocenters. The molecule has 13 heavy (non-hydrogen) atoms. The summed E-state index contributed by atoms with van der Waals surface area (Å²) in [4.78, 5) is 3.56. The molecule has 0 aliphatic carbocycles. The summed E-state index contributed by atoms with van der Waals surface area (Å²) in [7, 11) is 0. The highest BCUT2D eigenvalue weighted by molar-refractivity contribution is 14.1. The molecule has 0 aliphatic heterocycles. The van der Waals surface area contributed by atoms with Crippen LogP contribution in [0.2, 0.25) is 0 Å². The van der Waals surface area contributed by atoms with E-state index in [4.69, 9.17) is 11.6 Å². The van der Waals surface area contributed by atoms with Crippen LogP contribution in [0.3, 0.4) is 0 Å². The largest absolute Gasteiger partial charge is 0.419 e. The molecule has 1 aromatic heterocycles. The second kappa shape index (κ2) is 4.00. The van der Waals surface area contributed by atoms with Gasteiger partial charge in [0.05, 0.1) is 5.56 Å². The Kier molecular flexibility index (Phi) is 3.39. The molecule has 0 aliphatic rings. The van der Waals surface area contributed by atoms with Gasteiger partial charge in [0.2, 0.25) is 0 Å². The maximum absolute atomic E-state index is 12.4. The van der Waals surface area contributed by atoms with Crippen LogP contribution in [-0.4, -0.2) is 4.98 Å². The van der Waals surface area contributed by atoms with Crippen molar-refractivity contribution < 1.29 is 13.2 Å². The van der Waals surface area contributed by atoms with Gasteiger partial charge in [0.25, 0.3) is 0 Å². The van der Waals surface area contributed by atoms with E-state index in [-0.39, 0.29) is 15.1 Å². The first-order valence-electron chi connectivity index (χ1n) is 3.23. The van der Waals surface area contributed by atoms with E-state index in [1.165, 1.54) is 12.3 Å². The molecule has 0 aromatic carbocycles. The second-order valence-corrected chi connectivity index (χ2v) is 3.56. The van der Waals surface area contributed by atoms with Gasteiger partial charge in [-0.3, -0.25) is 0 Å². The number of alkyl halides is 4. The minimum absolute atomic E-state index is 0.0635. The lowest BCUT2D eigenvalue weighted by molar-refractivity contribution is -0.139. The lowest BCUT2D eigenvalue weighted by Gasteiger charge is -2.11. The summed E-state index contributed by atoms with van der Waals surface area (Å²) in [6, 6.07) is 1.28. The van der Waals surface area contributed by atoms with Crippen LogP contribution in [0.4, 0.5) is 13.2 Å². The van der Waals surface area contributed by atoms with Crippen molar-refractivity contribution in [3.63, 3.8) is 0 Å². The van der Waals surface area contributed by atoms with E-state index in [2.05, 4.69) is 4.98 Å². The fraction of sp³-hybridized carbons (Fsp3) is 0.286. The molecule has 6 heteroatoms. The molecule has 1 aromatic rings. The van der Waals surface area contributed by atoms with Crippen molar-refractivity contribution in [3.05, 3.63) is 27.1 Å². The van der Waals surface area contributed by atoms with Crippen LogP contribution in [0.25, 0.3) is 0 Å². The molecular formula is C7H4ClF3IN. The minimum Gasteiger partial charge on any atom is -0.250 e. The molecular weight excluding hydrogens is 317 g/mol. The zero-order valence-electron chi connectivity index (χ0n) is 6.20. The van der Waals surface area contributed by atoms with Gasteiger partial charge in [0.15, 0.2) is 0 Å². The smallest absolute Gasteiger partial charge is 0.250 e. The van der Waals surface area contributed by atoms with Gasteiger partial charge >= 0.3 is 6.18 Å². The minimum atomic E-state index is -4.38. The highest BCUT2D eigenvalue weighted by atomic mass is 127. The molecule has 0 saturated carbocycles. The second-order valence-electron chi connectivity index (χ2n) is 2.27.